The lowest BCUT2D eigenvalue weighted by atomic mass is 9.78. The third-order valence-corrected chi connectivity index (χ3v) is 3.87. The van der Waals surface area contributed by atoms with E-state index in [1.54, 1.807) is 12.1 Å². The molecular weight excluding hydrogens is 278 g/mol. The molecule has 0 spiro atoms. The maximum Gasteiger partial charge on any atom is 0.497 e. The van der Waals surface area contributed by atoms with Crippen molar-refractivity contribution >= 4 is 35.6 Å². The molecule has 0 unspecified atom stereocenters. The van der Waals surface area contributed by atoms with E-state index < -0.39 is 24.1 Å². The lowest BCUT2D eigenvalue weighted by Crippen LogP contribution is -2.41. The van der Waals surface area contributed by atoms with Gasteiger partial charge in [0.15, 0.2) is 5.11 Å². The summed E-state index contributed by atoms with van der Waals surface area (Å²) in [6.45, 7) is 7.67. The van der Waals surface area contributed by atoms with Gasteiger partial charge in [-0.3, -0.25) is 0 Å². The number of hydrogen-bond donors (Lipinski definition) is 2. The average Bonchev–Trinajstić information content (AvgIpc) is 2.50. The molecule has 0 saturated carbocycles. The number of nitrogens with one attached hydrogen (secondary N) is 1. The zero-order valence-corrected chi connectivity index (χ0v) is 12.8. The third kappa shape index (κ3) is 2.80. The van der Waals surface area contributed by atoms with Crippen molar-refractivity contribution in [2.75, 3.05) is 5.32 Å². The summed E-state index contributed by atoms with van der Waals surface area (Å²) in [5.41, 5.74) is 5.31. The van der Waals surface area contributed by atoms with Crippen molar-refractivity contribution in [2.24, 2.45) is 5.73 Å². The Morgan fingerprint density at radius 1 is 1.25 bits per heavy atom. The van der Waals surface area contributed by atoms with Crippen LogP contribution < -0.4 is 16.5 Å². The standard InChI is InChI=1S/C13H18BFN2O2S/c1-12(2)13(3,4)19-14(18-12)9-7-8(17-11(16)20)5-6-10(9)15/h5-7H,1-4H3,(H3,16,17,20). The molecule has 1 aromatic rings. The highest BCUT2D eigenvalue weighted by Gasteiger charge is 2.52. The Labute approximate surface area is 124 Å². The molecule has 0 aliphatic carbocycles. The van der Waals surface area contributed by atoms with Crippen LogP contribution in [0.1, 0.15) is 27.7 Å². The molecule has 1 aliphatic rings. The van der Waals surface area contributed by atoms with Crippen molar-refractivity contribution in [3.63, 3.8) is 0 Å². The molecule has 0 radical (unpaired) electrons. The maximum absolute atomic E-state index is 14.0. The van der Waals surface area contributed by atoms with Gasteiger partial charge >= 0.3 is 7.12 Å². The number of halogens is 1. The molecule has 3 N–H and O–H groups in total. The van der Waals surface area contributed by atoms with Crippen molar-refractivity contribution < 1.29 is 13.7 Å². The molecule has 1 aromatic carbocycles. The summed E-state index contributed by atoms with van der Waals surface area (Å²) in [7, 11) is -0.756. The van der Waals surface area contributed by atoms with Gasteiger partial charge in [-0.2, -0.15) is 0 Å². The molecule has 7 heteroatoms. The Kier molecular flexibility index (Phi) is 3.79. The molecule has 1 aliphatic heterocycles. The lowest BCUT2D eigenvalue weighted by Gasteiger charge is -2.32. The van der Waals surface area contributed by atoms with E-state index in [0.29, 0.717) is 11.2 Å². The van der Waals surface area contributed by atoms with E-state index in [1.807, 2.05) is 27.7 Å². The van der Waals surface area contributed by atoms with Gasteiger partial charge in [-0.15, -0.1) is 0 Å². The molecule has 1 saturated heterocycles. The van der Waals surface area contributed by atoms with Gasteiger partial charge in [0.05, 0.1) is 11.2 Å². The van der Waals surface area contributed by atoms with E-state index in [1.165, 1.54) is 6.07 Å². The van der Waals surface area contributed by atoms with Crippen LogP contribution in [0.3, 0.4) is 0 Å². The number of nitrogens with two attached hydrogens (primary N) is 1. The monoisotopic (exact) mass is 296 g/mol. The van der Waals surface area contributed by atoms with Gasteiger partial charge in [-0.25, -0.2) is 4.39 Å². The second-order valence-electron chi connectivity index (χ2n) is 5.81. The van der Waals surface area contributed by atoms with Crippen LogP contribution in [0.2, 0.25) is 0 Å². The topological polar surface area (TPSA) is 56.5 Å². The largest absolute Gasteiger partial charge is 0.497 e. The van der Waals surface area contributed by atoms with Gasteiger partial charge in [-0.05, 0) is 58.1 Å². The van der Waals surface area contributed by atoms with Crippen LogP contribution >= 0.6 is 12.2 Å². The average molecular weight is 296 g/mol. The molecule has 0 bridgehead atoms. The van der Waals surface area contributed by atoms with Crippen LogP contribution in [0.15, 0.2) is 18.2 Å². The van der Waals surface area contributed by atoms with Crippen LogP contribution in [0, 0.1) is 5.82 Å². The number of benzene rings is 1. The molecule has 0 amide bonds. The summed E-state index contributed by atoms with van der Waals surface area (Å²) >= 11 is 4.77. The summed E-state index contributed by atoms with van der Waals surface area (Å²) in [6, 6.07) is 4.49. The SMILES string of the molecule is CC1(C)OB(c2cc(NC(N)=S)ccc2F)OC1(C)C. The van der Waals surface area contributed by atoms with Gasteiger partial charge in [0.2, 0.25) is 0 Å². The Bertz CT molecular complexity index is 535. The minimum atomic E-state index is -0.756. The Morgan fingerprint density at radius 2 is 1.80 bits per heavy atom. The fraction of sp³-hybridized carbons (Fsp3) is 0.462. The zero-order valence-electron chi connectivity index (χ0n) is 12.0. The molecule has 4 nitrogen and oxygen atoms in total. The second-order valence-corrected chi connectivity index (χ2v) is 6.25. The first-order valence-electron chi connectivity index (χ1n) is 6.34. The fourth-order valence-electron chi connectivity index (χ4n) is 1.91. The third-order valence-electron chi connectivity index (χ3n) is 3.77. The van der Waals surface area contributed by atoms with Crippen LogP contribution in [0.5, 0.6) is 0 Å². The predicted molar refractivity (Wildman–Crippen MR) is 82.5 cm³/mol. The van der Waals surface area contributed by atoms with E-state index in [4.69, 9.17) is 27.3 Å². The lowest BCUT2D eigenvalue weighted by molar-refractivity contribution is 0.00578. The zero-order chi connectivity index (χ0) is 15.1. The van der Waals surface area contributed by atoms with Crippen LogP contribution in [0.25, 0.3) is 0 Å². The molecule has 108 valence electrons. The highest BCUT2D eigenvalue weighted by atomic mass is 32.1. The molecule has 1 heterocycles. The van der Waals surface area contributed by atoms with E-state index >= 15 is 0 Å². The van der Waals surface area contributed by atoms with Gasteiger partial charge < -0.3 is 20.4 Å². The summed E-state index contributed by atoms with van der Waals surface area (Å²) < 4.78 is 25.7. The predicted octanol–water partition coefficient (Wildman–Crippen LogP) is 1.78. The first-order chi connectivity index (χ1) is 9.12. The van der Waals surface area contributed by atoms with Crippen LogP contribution in [-0.2, 0) is 9.31 Å². The smallest absolute Gasteiger partial charge is 0.399 e. The quantitative estimate of drug-likeness (QED) is 0.643. The van der Waals surface area contributed by atoms with Crippen LogP contribution in [0.4, 0.5) is 10.1 Å². The second kappa shape index (κ2) is 4.98. The van der Waals surface area contributed by atoms with Crippen molar-refractivity contribution in [1.82, 2.24) is 0 Å². The summed E-state index contributed by atoms with van der Waals surface area (Å²) in [5.74, 6) is -0.392. The normalized spacial score (nSPS) is 19.9. The maximum atomic E-state index is 14.0. The van der Waals surface area contributed by atoms with Gasteiger partial charge in [0.25, 0.3) is 0 Å². The van der Waals surface area contributed by atoms with Crippen molar-refractivity contribution in [2.45, 2.75) is 38.9 Å². The number of anilines is 1. The van der Waals surface area contributed by atoms with E-state index in [0.717, 1.165) is 0 Å². The number of thiocarbonyl (C=S) groups is 1. The van der Waals surface area contributed by atoms with Crippen LogP contribution in [-0.4, -0.2) is 23.4 Å². The van der Waals surface area contributed by atoms with Gasteiger partial charge in [0.1, 0.15) is 5.82 Å². The molecule has 0 aromatic heterocycles. The molecule has 0 atom stereocenters. The fourth-order valence-corrected chi connectivity index (χ4v) is 2.03. The molecule has 2 rings (SSSR count). The highest BCUT2D eigenvalue weighted by Crippen LogP contribution is 2.36. The van der Waals surface area contributed by atoms with Crippen molar-refractivity contribution in [3.8, 4) is 0 Å². The molecular formula is C13H18BFN2O2S. The molecule has 1 fully saturated rings. The molecule has 20 heavy (non-hydrogen) atoms. The van der Waals surface area contributed by atoms with Gasteiger partial charge in [-0.1, -0.05) is 0 Å². The summed E-state index contributed by atoms with van der Waals surface area (Å²) in [5, 5.41) is 2.89. The Morgan fingerprint density at radius 3 is 2.30 bits per heavy atom. The van der Waals surface area contributed by atoms with E-state index in [-0.39, 0.29) is 5.11 Å². The first-order valence-corrected chi connectivity index (χ1v) is 6.75. The van der Waals surface area contributed by atoms with Gasteiger partial charge in [0, 0.05) is 11.2 Å². The minimum absolute atomic E-state index is 0.122. The Hall–Kier alpha value is -1.18. The highest BCUT2D eigenvalue weighted by molar-refractivity contribution is 7.80. The van der Waals surface area contributed by atoms with Crippen molar-refractivity contribution in [3.05, 3.63) is 24.0 Å². The van der Waals surface area contributed by atoms with E-state index in [2.05, 4.69) is 5.32 Å². The van der Waals surface area contributed by atoms with Crippen molar-refractivity contribution in [1.29, 1.82) is 0 Å². The minimum Gasteiger partial charge on any atom is -0.399 e. The first kappa shape index (κ1) is 15.2. The van der Waals surface area contributed by atoms with E-state index in [9.17, 15) is 4.39 Å². The summed E-state index contributed by atoms with van der Waals surface area (Å²) in [4.78, 5) is 0. The Balaban J connectivity index is 2.32. The number of rotatable bonds is 2. The number of hydrogen-bond acceptors (Lipinski definition) is 3. The summed E-state index contributed by atoms with van der Waals surface area (Å²) in [6.07, 6.45) is 0.